The summed E-state index contributed by atoms with van der Waals surface area (Å²) in [7, 11) is 0. The van der Waals surface area contributed by atoms with Crippen molar-refractivity contribution in [3.8, 4) is 0 Å². The average molecular weight is 358 g/mol. The van der Waals surface area contributed by atoms with Crippen molar-refractivity contribution in [2.24, 2.45) is 0 Å². The molecule has 1 saturated heterocycles. The largest absolute Gasteiger partial charge is 0.368 e. The van der Waals surface area contributed by atoms with Crippen molar-refractivity contribution in [2.75, 3.05) is 31.1 Å². The van der Waals surface area contributed by atoms with Crippen LogP contribution in [0.1, 0.15) is 12.5 Å². The second-order valence-corrected chi connectivity index (χ2v) is 6.76. The number of anilines is 1. The van der Waals surface area contributed by atoms with Gasteiger partial charge in [0.2, 0.25) is 5.91 Å². The van der Waals surface area contributed by atoms with Crippen molar-refractivity contribution >= 4 is 23.2 Å². The fourth-order valence-corrected chi connectivity index (χ4v) is 3.41. The lowest BCUT2D eigenvalue weighted by molar-refractivity contribution is -0.126. The summed E-state index contributed by atoms with van der Waals surface area (Å²) >= 11 is 6.29. The van der Waals surface area contributed by atoms with Crippen molar-refractivity contribution in [1.82, 2.24) is 10.2 Å². The van der Waals surface area contributed by atoms with Crippen LogP contribution in [-0.4, -0.2) is 43.0 Å². The molecule has 0 radical (unpaired) electrons. The van der Waals surface area contributed by atoms with Crippen LogP contribution in [0.5, 0.6) is 0 Å². The van der Waals surface area contributed by atoms with Gasteiger partial charge in [-0.1, -0.05) is 54.1 Å². The van der Waals surface area contributed by atoms with E-state index in [2.05, 4.69) is 15.1 Å². The maximum Gasteiger partial charge on any atom is 0.237 e. The van der Waals surface area contributed by atoms with Crippen LogP contribution in [0, 0.1) is 0 Å². The van der Waals surface area contributed by atoms with Crippen LogP contribution in [0.4, 0.5) is 5.69 Å². The Kier molecular flexibility index (Phi) is 5.95. The lowest BCUT2D eigenvalue weighted by Gasteiger charge is -2.38. The maximum absolute atomic E-state index is 12.4. The highest BCUT2D eigenvalue weighted by Gasteiger charge is 2.26. The van der Waals surface area contributed by atoms with E-state index in [9.17, 15) is 4.79 Å². The van der Waals surface area contributed by atoms with Gasteiger partial charge in [-0.3, -0.25) is 9.69 Å². The molecule has 1 amide bonds. The first-order valence-electron chi connectivity index (χ1n) is 8.70. The fraction of sp³-hybridized carbons (Fsp3) is 0.350. The van der Waals surface area contributed by atoms with Gasteiger partial charge in [0, 0.05) is 32.7 Å². The van der Waals surface area contributed by atoms with E-state index in [1.807, 2.05) is 61.5 Å². The van der Waals surface area contributed by atoms with Gasteiger partial charge in [-0.25, -0.2) is 0 Å². The Morgan fingerprint density at radius 2 is 1.68 bits per heavy atom. The molecule has 1 fully saturated rings. The van der Waals surface area contributed by atoms with Crippen LogP contribution in [0.3, 0.4) is 0 Å². The Bertz CT molecular complexity index is 699. The Balaban J connectivity index is 1.50. The molecule has 2 aromatic rings. The van der Waals surface area contributed by atoms with Crippen molar-refractivity contribution in [3.05, 3.63) is 65.2 Å². The average Bonchev–Trinajstić information content (AvgIpc) is 2.67. The third-order valence-electron chi connectivity index (χ3n) is 4.74. The van der Waals surface area contributed by atoms with Crippen molar-refractivity contribution in [1.29, 1.82) is 0 Å². The fourth-order valence-electron chi connectivity index (χ4n) is 3.16. The second kappa shape index (κ2) is 8.37. The zero-order valence-corrected chi connectivity index (χ0v) is 15.2. The minimum atomic E-state index is -0.128. The third-order valence-corrected chi connectivity index (χ3v) is 5.06. The van der Waals surface area contributed by atoms with Gasteiger partial charge < -0.3 is 10.2 Å². The van der Waals surface area contributed by atoms with E-state index in [0.717, 1.165) is 42.5 Å². The molecule has 0 bridgehead atoms. The maximum atomic E-state index is 12.4. The predicted octanol–water partition coefficient (Wildman–Crippen LogP) is 3.17. The van der Waals surface area contributed by atoms with Crippen molar-refractivity contribution in [2.45, 2.75) is 19.5 Å². The molecule has 5 heteroatoms. The van der Waals surface area contributed by atoms with E-state index in [4.69, 9.17) is 11.6 Å². The Hall–Kier alpha value is -2.04. The first-order valence-corrected chi connectivity index (χ1v) is 9.08. The third kappa shape index (κ3) is 4.53. The van der Waals surface area contributed by atoms with Crippen LogP contribution in [0.25, 0.3) is 0 Å². The molecule has 4 nitrogen and oxygen atoms in total. The lowest BCUT2D eigenvalue weighted by atomic mass is 10.2. The normalized spacial score (nSPS) is 16.5. The zero-order valence-electron chi connectivity index (χ0n) is 14.5. The number of carbonyl (C=O) groups excluding carboxylic acids is 1. The summed E-state index contributed by atoms with van der Waals surface area (Å²) in [5.41, 5.74) is 2.19. The molecule has 2 aromatic carbocycles. The highest BCUT2D eigenvalue weighted by molar-refractivity contribution is 6.33. The number of hydrogen-bond donors (Lipinski definition) is 1. The van der Waals surface area contributed by atoms with Gasteiger partial charge in [-0.05, 0) is 24.6 Å². The first-order chi connectivity index (χ1) is 12.1. The molecule has 1 aliphatic rings. The number of para-hydroxylation sites is 1. The van der Waals surface area contributed by atoms with Crippen LogP contribution in [-0.2, 0) is 11.3 Å². The number of amides is 1. The molecule has 0 aliphatic carbocycles. The van der Waals surface area contributed by atoms with Gasteiger partial charge in [0.25, 0.3) is 0 Å². The summed E-state index contributed by atoms with van der Waals surface area (Å²) in [6.07, 6.45) is 0. The van der Waals surface area contributed by atoms with E-state index >= 15 is 0 Å². The Morgan fingerprint density at radius 3 is 2.36 bits per heavy atom. The smallest absolute Gasteiger partial charge is 0.237 e. The molecule has 0 unspecified atom stereocenters. The van der Waals surface area contributed by atoms with Gasteiger partial charge in [-0.2, -0.15) is 0 Å². The van der Waals surface area contributed by atoms with Gasteiger partial charge in [0.1, 0.15) is 0 Å². The Labute approximate surface area is 154 Å². The zero-order chi connectivity index (χ0) is 17.6. The van der Waals surface area contributed by atoms with Gasteiger partial charge in [0.05, 0.1) is 16.8 Å². The van der Waals surface area contributed by atoms with E-state index in [0.29, 0.717) is 6.54 Å². The summed E-state index contributed by atoms with van der Waals surface area (Å²) in [6.45, 7) is 6.01. The molecular formula is C20H24ClN3O. The van der Waals surface area contributed by atoms with E-state index in [-0.39, 0.29) is 11.9 Å². The molecule has 132 valence electrons. The number of hydrogen-bond acceptors (Lipinski definition) is 3. The topological polar surface area (TPSA) is 35.6 Å². The molecular weight excluding hydrogens is 334 g/mol. The van der Waals surface area contributed by atoms with Gasteiger partial charge in [-0.15, -0.1) is 0 Å². The highest BCUT2D eigenvalue weighted by Crippen LogP contribution is 2.26. The molecule has 1 aliphatic heterocycles. The number of benzene rings is 2. The van der Waals surface area contributed by atoms with Crippen molar-refractivity contribution < 1.29 is 4.79 Å². The summed E-state index contributed by atoms with van der Waals surface area (Å²) in [6, 6.07) is 17.8. The molecule has 25 heavy (non-hydrogen) atoms. The molecule has 0 spiro atoms. The van der Waals surface area contributed by atoms with E-state index in [1.165, 1.54) is 0 Å². The summed E-state index contributed by atoms with van der Waals surface area (Å²) in [5.74, 6) is 0.0787. The molecule has 0 aromatic heterocycles. The Morgan fingerprint density at radius 1 is 1.04 bits per heavy atom. The van der Waals surface area contributed by atoms with Crippen LogP contribution >= 0.6 is 11.6 Å². The first kappa shape index (κ1) is 17.8. The van der Waals surface area contributed by atoms with Gasteiger partial charge >= 0.3 is 0 Å². The highest BCUT2D eigenvalue weighted by atomic mass is 35.5. The van der Waals surface area contributed by atoms with E-state index < -0.39 is 0 Å². The molecule has 0 saturated carbocycles. The number of nitrogens with one attached hydrogen (secondary N) is 1. The summed E-state index contributed by atoms with van der Waals surface area (Å²) in [4.78, 5) is 16.9. The molecule has 1 N–H and O–H groups in total. The minimum Gasteiger partial charge on any atom is -0.368 e. The monoisotopic (exact) mass is 357 g/mol. The predicted molar refractivity (Wildman–Crippen MR) is 103 cm³/mol. The second-order valence-electron chi connectivity index (χ2n) is 6.35. The standard InChI is InChI=1S/C20H24ClN3O/c1-16(20(25)22-15-17-7-3-2-4-8-17)23-11-13-24(14-12-23)19-10-6-5-9-18(19)21/h2-10,16H,11-15H2,1H3,(H,22,25)/t16-/m1/s1. The van der Waals surface area contributed by atoms with Crippen molar-refractivity contribution in [3.63, 3.8) is 0 Å². The summed E-state index contributed by atoms with van der Waals surface area (Å²) in [5, 5.41) is 3.81. The quantitative estimate of drug-likeness (QED) is 0.892. The van der Waals surface area contributed by atoms with E-state index in [1.54, 1.807) is 0 Å². The van der Waals surface area contributed by atoms with Crippen LogP contribution in [0.2, 0.25) is 5.02 Å². The lowest BCUT2D eigenvalue weighted by Crippen LogP contribution is -2.53. The minimum absolute atomic E-state index is 0.0787. The molecule has 1 atom stereocenters. The number of piperazine rings is 1. The number of carbonyl (C=O) groups is 1. The van der Waals surface area contributed by atoms with Crippen LogP contribution in [0.15, 0.2) is 54.6 Å². The number of halogens is 1. The number of rotatable bonds is 5. The molecule has 3 rings (SSSR count). The number of nitrogens with zero attached hydrogens (tertiary/aromatic N) is 2. The van der Waals surface area contributed by atoms with Crippen LogP contribution < -0.4 is 10.2 Å². The summed E-state index contributed by atoms with van der Waals surface area (Å²) < 4.78 is 0. The van der Waals surface area contributed by atoms with Gasteiger partial charge in [0.15, 0.2) is 0 Å². The SMILES string of the molecule is C[C@H](C(=O)NCc1ccccc1)N1CCN(c2ccccc2Cl)CC1. The molecule has 1 heterocycles.